The van der Waals surface area contributed by atoms with Crippen LogP contribution >= 0.6 is 22.6 Å². The van der Waals surface area contributed by atoms with Gasteiger partial charge in [0.2, 0.25) is 0 Å². The van der Waals surface area contributed by atoms with E-state index in [0.29, 0.717) is 0 Å². The van der Waals surface area contributed by atoms with Crippen molar-refractivity contribution in [1.29, 1.82) is 0 Å². The Morgan fingerprint density at radius 1 is 0.833 bits per heavy atom. The van der Waals surface area contributed by atoms with Crippen molar-refractivity contribution in [2.75, 3.05) is 0 Å². The van der Waals surface area contributed by atoms with Crippen LogP contribution in [-0.4, -0.2) is 15.3 Å². The van der Waals surface area contributed by atoms with Crippen LogP contribution in [0.1, 0.15) is 11.1 Å². The van der Waals surface area contributed by atoms with E-state index in [4.69, 9.17) is 0 Å². The Hall–Kier alpha value is -1.69. The minimum Gasteiger partial charge on any atom is -0.508 e. The molecule has 0 heterocycles. The first-order valence-electron chi connectivity index (χ1n) is 5.24. The molecule has 2 aromatic carbocycles. The van der Waals surface area contributed by atoms with Gasteiger partial charge in [-0.15, -0.1) is 0 Å². The Morgan fingerprint density at radius 2 is 1.39 bits per heavy atom. The van der Waals surface area contributed by atoms with Crippen LogP contribution in [0.2, 0.25) is 0 Å². The van der Waals surface area contributed by atoms with E-state index in [2.05, 4.69) is 22.6 Å². The minimum atomic E-state index is 0.0262. The molecule has 18 heavy (non-hydrogen) atoms. The van der Waals surface area contributed by atoms with Crippen LogP contribution in [-0.2, 0) is 0 Å². The monoisotopic (exact) mass is 354 g/mol. The molecule has 0 aliphatic heterocycles. The molecule has 0 aliphatic carbocycles. The summed E-state index contributed by atoms with van der Waals surface area (Å²) >= 11 is 2.13. The van der Waals surface area contributed by atoms with Gasteiger partial charge >= 0.3 is 0 Å². The third-order valence-electron chi connectivity index (χ3n) is 2.36. The molecule has 0 radical (unpaired) electrons. The van der Waals surface area contributed by atoms with E-state index in [1.54, 1.807) is 36.4 Å². The highest BCUT2D eigenvalue weighted by molar-refractivity contribution is 14.1. The van der Waals surface area contributed by atoms with Crippen LogP contribution in [0.4, 0.5) is 0 Å². The van der Waals surface area contributed by atoms with E-state index in [1.165, 1.54) is 6.07 Å². The number of phenolic OH excluding ortho intramolecular Hbond substituents is 3. The number of hydrogen-bond acceptors (Lipinski definition) is 3. The summed E-state index contributed by atoms with van der Waals surface area (Å²) < 4.78 is 0.879. The number of hydrogen-bond donors (Lipinski definition) is 3. The van der Waals surface area contributed by atoms with Crippen molar-refractivity contribution in [2.24, 2.45) is 0 Å². The molecule has 3 N–H and O–H groups in total. The third-order valence-corrected chi connectivity index (χ3v) is 3.30. The molecule has 0 fully saturated rings. The van der Waals surface area contributed by atoms with Crippen molar-refractivity contribution in [2.45, 2.75) is 0 Å². The fraction of sp³-hybridized carbons (Fsp3) is 0. The number of benzene rings is 2. The molecule has 0 saturated heterocycles. The van der Waals surface area contributed by atoms with E-state index in [9.17, 15) is 15.3 Å². The SMILES string of the molecule is Oc1ccc(C=C(I)c2cc(O)cc(O)c2)cc1. The highest BCUT2D eigenvalue weighted by Crippen LogP contribution is 2.31. The summed E-state index contributed by atoms with van der Waals surface area (Å²) in [4.78, 5) is 0. The zero-order chi connectivity index (χ0) is 13.1. The summed E-state index contributed by atoms with van der Waals surface area (Å²) in [5, 5.41) is 28.0. The molecule has 3 nitrogen and oxygen atoms in total. The largest absolute Gasteiger partial charge is 0.508 e. The van der Waals surface area contributed by atoms with Crippen molar-refractivity contribution in [3.63, 3.8) is 0 Å². The van der Waals surface area contributed by atoms with Gasteiger partial charge in [0.25, 0.3) is 0 Å². The second-order valence-corrected chi connectivity index (χ2v) is 4.98. The Morgan fingerprint density at radius 3 is 1.94 bits per heavy atom. The molecule has 0 unspecified atom stereocenters. The summed E-state index contributed by atoms with van der Waals surface area (Å²) in [5.41, 5.74) is 1.67. The average Bonchev–Trinajstić information content (AvgIpc) is 2.31. The Bertz CT molecular complexity index is 568. The molecule has 0 atom stereocenters. The smallest absolute Gasteiger partial charge is 0.119 e. The third kappa shape index (κ3) is 3.16. The maximum atomic E-state index is 9.42. The van der Waals surface area contributed by atoms with Crippen molar-refractivity contribution in [3.05, 3.63) is 53.6 Å². The summed E-state index contributed by atoms with van der Waals surface area (Å²) in [6.07, 6.45) is 1.90. The van der Waals surface area contributed by atoms with Gasteiger partial charge in [-0.25, -0.2) is 0 Å². The van der Waals surface area contributed by atoms with Crippen LogP contribution in [0.15, 0.2) is 42.5 Å². The zero-order valence-corrected chi connectivity index (χ0v) is 11.5. The van der Waals surface area contributed by atoms with Gasteiger partial charge in [0.1, 0.15) is 17.2 Å². The van der Waals surface area contributed by atoms with Gasteiger partial charge in [-0.2, -0.15) is 0 Å². The predicted molar refractivity (Wildman–Crippen MR) is 79.8 cm³/mol. The van der Waals surface area contributed by atoms with Gasteiger partial charge in [0, 0.05) is 9.65 Å². The predicted octanol–water partition coefficient (Wildman–Crippen LogP) is 3.74. The maximum Gasteiger partial charge on any atom is 0.119 e. The van der Waals surface area contributed by atoms with Crippen LogP contribution in [0.5, 0.6) is 17.2 Å². The number of rotatable bonds is 2. The van der Waals surface area contributed by atoms with E-state index in [0.717, 1.165) is 14.7 Å². The fourth-order valence-corrected chi connectivity index (χ4v) is 2.20. The standard InChI is InChI=1S/C14H11IO3/c15-14(5-9-1-3-11(16)4-2-9)10-6-12(17)8-13(18)7-10/h1-8,16-18H. The quantitative estimate of drug-likeness (QED) is 0.569. The fourth-order valence-electron chi connectivity index (χ4n) is 1.53. The van der Waals surface area contributed by atoms with Crippen molar-refractivity contribution in [1.82, 2.24) is 0 Å². The molecular weight excluding hydrogens is 343 g/mol. The van der Waals surface area contributed by atoms with Crippen LogP contribution in [0, 0.1) is 0 Å². The van der Waals surface area contributed by atoms with Gasteiger partial charge in [0.05, 0.1) is 0 Å². The van der Waals surface area contributed by atoms with Gasteiger partial charge in [0.15, 0.2) is 0 Å². The highest BCUT2D eigenvalue weighted by Gasteiger charge is 2.02. The lowest BCUT2D eigenvalue weighted by Crippen LogP contribution is -1.78. The molecule has 0 aliphatic rings. The van der Waals surface area contributed by atoms with Crippen molar-refractivity contribution >= 4 is 32.2 Å². The van der Waals surface area contributed by atoms with Gasteiger partial charge < -0.3 is 15.3 Å². The highest BCUT2D eigenvalue weighted by atomic mass is 127. The summed E-state index contributed by atoms with van der Waals surface area (Å²) in [6.45, 7) is 0. The molecule has 92 valence electrons. The van der Waals surface area contributed by atoms with E-state index in [-0.39, 0.29) is 17.2 Å². The van der Waals surface area contributed by atoms with Crippen molar-refractivity contribution < 1.29 is 15.3 Å². The first-order chi connectivity index (χ1) is 8.54. The topological polar surface area (TPSA) is 60.7 Å². The normalized spacial score (nSPS) is 11.5. The number of phenols is 3. The van der Waals surface area contributed by atoms with Gasteiger partial charge in [-0.3, -0.25) is 0 Å². The molecule has 4 heteroatoms. The zero-order valence-electron chi connectivity index (χ0n) is 9.34. The Labute approximate surface area is 118 Å². The number of halogens is 1. The molecule has 0 saturated carbocycles. The van der Waals surface area contributed by atoms with Crippen molar-refractivity contribution in [3.8, 4) is 17.2 Å². The summed E-state index contributed by atoms with van der Waals surface area (Å²) in [7, 11) is 0. The second-order valence-electron chi connectivity index (χ2n) is 3.82. The van der Waals surface area contributed by atoms with Crippen LogP contribution in [0.25, 0.3) is 9.66 Å². The molecule has 2 aromatic rings. The first-order valence-corrected chi connectivity index (χ1v) is 6.32. The molecule has 0 spiro atoms. The van der Waals surface area contributed by atoms with Gasteiger partial charge in [-0.1, -0.05) is 12.1 Å². The summed E-state index contributed by atoms with van der Waals surface area (Å²) in [5.74, 6) is 0.272. The molecular formula is C14H11IO3. The van der Waals surface area contributed by atoms with Crippen LogP contribution < -0.4 is 0 Å². The van der Waals surface area contributed by atoms with E-state index < -0.39 is 0 Å². The van der Waals surface area contributed by atoms with E-state index >= 15 is 0 Å². The lowest BCUT2D eigenvalue weighted by Gasteiger charge is -2.03. The molecule has 0 amide bonds. The lowest BCUT2D eigenvalue weighted by molar-refractivity contribution is 0.450. The average molecular weight is 354 g/mol. The summed E-state index contributed by atoms with van der Waals surface area (Å²) in [6, 6.07) is 11.2. The lowest BCUT2D eigenvalue weighted by atomic mass is 10.1. The molecule has 2 rings (SSSR count). The van der Waals surface area contributed by atoms with Gasteiger partial charge in [-0.05, 0) is 64.1 Å². The number of aromatic hydroxyl groups is 3. The van der Waals surface area contributed by atoms with E-state index in [1.807, 2.05) is 6.08 Å². The first kappa shape index (κ1) is 12.8. The Balaban J connectivity index is 2.35. The second kappa shape index (κ2) is 5.30. The molecule has 0 aromatic heterocycles. The molecule has 0 bridgehead atoms. The Kier molecular flexibility index (Phi) is 3.76. The van der Waals surface area contributed by atoms with Crippen LogP contribution in [0.3, 0.4) is 0 Å². The minimum absolute atomic E-state index is 0.0262. The maximum absolute atomic E-state index is 9.42.